The van der Waals surface area contributed by atoms with E-state index in [1.54, 1.807) is 11.3 Å². The van der Waals surface area contributed by atoms with Crippen LogP contribution in [-0.4, -0.2) is 11.4 Å². The normalized spacial score (nSPS) is 11.7. The Morgan fingerprint density at radius 3 is 2.75 bits per heavy atom. The summed E-state index contributed by atoms with van der Waals surface area (Å²) >= 11 is 1.57. The lowest BCUT2D eigenvalue weighted by Gasteiger charge is -2.25. The van der Waals surface area contributed by atoms with E-state index in [1.165, 1.54) is 0 Å². The summed E-state index contributed by atoms with van der Waals surface area (Å²) in [6, 6.07) is 1.86. The van der Waals surface area contributed by atoms with Crippen molar-refractivity contribution in [1.29, 1.82) is 0 Å². The van der Waals surface area contributed by atoms with E-state index in [9.17, 15) is 4.79 Å². The molecular weight excluding hydrogens is 220 g/mol. The molecule has 1 rings (SSSR count). The molecule has 3 nitrogen and oxygen atoms in total. The standard InChI is InChI=1S/C12H20N2OS/c1-4-5-12(2,3)14-7-10-6-9(8-16-10)11(13)15/h6,8,14H,4-5,7H2,1-3H3,(H2,13,15). The third-order valence-electron chi connectivity index (χ3n) is 2.55. The van der Waals surface area contributed by atoms with Crippen molar-refractivity contribution in [3.05, 3.63) is 21.9 Å². The molecule has 16 heavy (non-hydrogen) atoms. The van der Waals surface area contributed by atoms with Crippen molar-refractivity contribution in [3.8, 4) is 0 Å². The predicted molar refractivity (Wildman–Crippen MR) is 68.7 cm³/mol. The molecule has 0 aliphatic carbocycles. The third kappa shape index (κ3) is 3.94. The van der Waals surface area contributed by atoms with Crippen LogP contribution in [0.2, 0.25) is 0 Å². The maximum absolute atomic E-state index is 10.9. The molecule has 0 unspecified atom stereocenters. The van der Waals surface area contributed by atoms with Gasteiger partial charge in [0.15, 0.2) is 0 Å². The molecular formula is C12H20N2OS. The maximum atomic E-state index is 10.9. The predicted octanol–water partition coefficient (Wildman–Crippen LogP) is 2.52. The third-order valence-corrected chi connectivity index (χ3v) is 3.49. The zero-order valence-electron chi connectivity index (χ0n) is 10.2. The Hall–Kier alpha value is -0.870. The van der Waals surface area contributed by atoms with Crippen molar-refractivity contribution < 1.29 is 4.79 Å². The lowest BCUT2D eigenvalue weighted by Crippen LogP contribution is -2.38. The van der Waals surface area contributed by atoms with E-state index in [0.29, 0.717) is 5.56 Å². The summed E-state index contributed by atoms with van der Waals surface area (Å²) < 4.78 is 0. The molecule has 0 saturated carbocycles. The number of nitrogens with one attached hydrogen (secondary N) is 1. The molecule has 1 heterocycles. The van der Waals surface area contributed by atoms with Crippen LogP contribution in [0.15, 0.2) is 11.4 Å². The highest BCUT2D eigenvalue weighted by Crippen LogP contribution is 2.17. The largest absolute Gasteiger partial charge is 0.366 e. The van der Waals surface area contributed by atoms with Crippen molar-refractivity contribution in [2.45, 2.75) is 45.7 Å². The summed E-state index contributed by atoms with van der Waals surface area (Å²) in [5.41, 5.74) is 5.96. The van der Waals surface area contributed by atoms with E-state index >= 15 is 0 Å². The van der Waals surface area contributed by atoms with E-state index in [1.807, 2.05) is 11.4 Å². The molecule has 0 bridgehead atoms. The fourth-order valence-corrected chi connectivity index (χ4v) is 2.46. The summed E-state index contributed by atoms with van der Waals surface area (Å²) in [5, 5.41) is 5.30. The van der Waals surface area contributed by atoms with Gasteiger partial charge in [-0.05, 0) is 26.3 Å². The summed E-state index contributed by atoms with van der Waals surface area (Å²) in [5.74, 6) is -0.352. The van der Waals surface area contributed by atoms with Crippen LogP contribution in [0, 0.1) is 0 Å². The number of thiophene rings is 1. The minimum atomic E-state index is -0.352. The number of hydrogen-bond donors (Lipinski definition) is 2. The zero-order valence-corrected chi connectivity index (χ0v) is 11.0. The molecule has 1 aromatic rings. The minimum Gasteiger partial charge on any atom is -0.366 e. The first-order valence-corrected chi connectivity index (χ1v) is 6.45. The van der Waals surface area contributed by atoms with E-state index in [-0.39, 0.29) is 11.4 Å². The Kier molecular flexibility index (Phi) is 4.50. The monoisotopic (exact) mass is 240 g/mol. The molecule has 0 aromatic carbocycles. The molecule has 0 radical (unpaired) electrons. The topological polar surface area (TPSA) is 55.1 Å². The van der Waals surface area contributed by atoms with Gasteiger partial charge in [0.1, 0.15) is 0 Å². The van der Waals surface area contributed by atoms with Gasteiger partial charge < -0.3 is 11.1 Å². The Balaban J connectivity index is 2.51. The minimum absolute atomic E-state index is 0.144. The van der Waals surface area contributed by atoms with Crippen LogP contribution in [0.25, 0.3) is 0 Å². The number of hydrogen-bond acceptors (Lipinski definition) is 3. The van der Waals surface area contributed by atoms with Crippen LogP contribution < -0.4 is 11.1 Å². The maximum Gasteiger partial charge on any atom is 0.249 e. The van der Waals surface area contributed by atoms with Crippen molar-refractivity contribution in [1.82, 2.24) is 5.32 Å². The number of rotatable bonds is 6. The highest BCUT2D eigenvalue weighted by Gasteiger charge is 2.15. The number of amides is 1. The second kappa shape index (κ2) is 5.46. The Bertz CT molecular complexity index is 358. The quantitative estimate of drug-likeness (QED) is 0.802. The summed E-state index contributed by atoms with van der Waals surface area (Å²) in [6.07, 6.45) is 2.30. The van der Waals surface area contributed by atoms with E-state index in [0.717, 1.165) is 24.3 Å². The number of carbonyl (C=O) groups excluding carboxylic acids is 1. The van der Waals surface area contributed by atoms with Gasteiger partial charge in [0.2, 0.25) is 5.91 Å². The molecule has 1 aromatic heterocycles. The number of primary amides is 1. The molecule has 4 heteroatoms. The van der Waals surface area contributed by atoms with E-state index in [2.05, 4.69) is 26.1 Å². The van der Waals surface area contributed by atoms with Crippen LogP contribution in [0.5, 0.6) is 0 Å². The number of carbonyl (C=O) groups is 1. The SMILES string of the molecule is CCCC(C)(C)NCc1cc(C(N)=O)cs1. The van der Waals surface area contributed by atoms with Crippen molar-refractivity contribution in [2.75, 3.05) is 0 Å². The van der Waals surface area contributed by atoms with E-state index < -0.39 is 0 Å². The Labute approximate surface area is 101 Å². The highest BCUT2D eigenvalue weighted by molar-refractivity contribution is 7.10. The Morgan fingerprint density at radius 2 is 2.25 bits per heavy atom. The fraction of sp³-hybridized carbons (Fsp3) is 0.583. The summed E-state index contributed by atoms with van der Waals surface area (Å²) in [6.45, 7) is 7.36. The van der Waals surface area contributed by atoms with Gasteiger partial charge in [-0.15, -0.1) is 11.3 Å². The summed E-state index contributed by atoms with van der Waals surface area (Å²) in [4.78, 5) is 12.1. The van der Waals surface area contributed by atoms with Gasteiger partial charge in [-0.1, -0.05) is 13.3 Å². The van der Waals surface area contributed by atoms with Gasteiger partial charge in [0, 0.05) is 22.3 Å². The highest BCUT2D eigenvalue weighted by atomic mass is 32.1. The van der Waals surface area contributed by atoms with Crippen LogP contribution in [0.3, 0.4) is 0 Å². The average molecular weight is 240 g/mol. The lowest BCUT2D eigenvalue weighted by molar-refractivity contribution is 0.100. The van der Waals surface area contributed by atoms with Crippen LogP contribution in [0.4, 0.5) is 0 Å². The van der Waals surface area contributed by atoms with Gasteiger partial charge >= 0.3 is 0 Å². The second-order valence-electron chi connectivity index (χ2n) is 4.65. The number of nitrogens with two attached hydrogens (primary N) is 1. The van der Waals surface area contributed by atoms with Crippen LogP contribution in [0.1, 0.15) is 48.8 Å². The van der Waals surface area contributed by atoms with Crippen molar-refractivity contribution >= 4 is 17.2 Å². The van der Waals surface area contributed by atoms with Crippen molar-refractivity contribution in [3.63, 3.8) is 0 Å². The molecule has 0 saturated heterocycles. The molecule has 0 aliphatic heterocycles. The van der Waals surface area contributed by atoms with Gasteiger partial charge in [-0.2, -0.15) is 0 Å². The molecule has 0 atom stereocenters. The van der Waals surface area contributed by atoms with Gasteiger partial charge in [0.25, 0.3) is 0 Å². The van der Waals surface area contributed by atoms with Crippen molar-refractivity contribution in [2.24, 2.45) is 5.73 Å². The smallest absolute Gasteiger partial charge is 0.249 e. The molecule has 0 aliphatic rings. The molecule has 90 valence electrons. The van der Waals surface area contributed by atoms with Crippen LogP contribution in [-0.2, 0) is 6.54 Å². The van der Waals surface area contributed by atoms with E-state index in [4.69, 9.17) is 5.73 Å². The first-order chi connectivity index (χ1) is 7.44. The van der Waals surface area contributed by atoms with Gasteiger partial charge in [-0.3, -0.25) is 4.79 Å². The zero-order chi connectivity index (χ0) is 12.2. The van der Waals surface area contributed by atoms with Gasteiger partial charge in [0.05, 0.1) is 5.56 Å². The molecule has 1 amide bonds. The molecule has 0 fully saturated rings. The van der Waals surface area contributed by atoms with Crippen LogP contribution >= 0.6 is 11.3 Å². The Morgan fingerprint density at radius 1 is 1.56 bits per heavy atom. The molecule has 0 spiro atoms. The first-order valence-electron chi connectivity index (χ1n) is 5.57. The molecule has 3 N–H and O–H groups in total. The first kappa shape index (κ1) is 13.2. The average Bonchev–Trinajstić information content (AvgIpc) is 2.63. The lowest BCUT2D eigenvalue weighted by atomic mass is 9.99. The van der Waals surface area contributed by atoms with Gasteiger partial charge in [-0.25, -0.2) is 0 Å². The second-order valence-corrected chi connectivity index (χ2v) is 5.65. The fourth-order valence-electron chi connectivity index (χ4n) is 1.64. The summed E-state index contributed by atoms with van der Waals surface area (Å²) in [7, 11) is 0.